The zero-order valence-electron chi connectivity index (χ0n) is 8.27. The van der Waals surface area contributed by atoms with E-state index < -0.39 is 0 Å². The summed E-state index contributed by atoms with van der Waals surface area (Å²) >= 11 is 4.18. The summed E-state index contributed by atoms with van der Waals surface area (Å²) in [6.45, 7) is 3.73. The molecule has 0 saturated carbocycles. The van der Waals surface area contributed by atoms with Gasteiger partial charge in [0, 0.05) is 13.1 Å². The van der Waals surface area contributed by atoms with Gasteiger partial charge in [-0.25, -0.2) is 0 Å². The summed E-state index contributed by atoms with van der Waals surface area (Å²) in [6.07, 6.45) is 0. The lowest BCUT2D eigenvalue weighted by atomic mass is 9.85. The van der Waals surface area contributed by atoms with Gasteiger partial charge in [-0.15, -0.1) is 0 Å². The van der Waals surface area contributed by atoms with Crippen LogP contribution in [0.5, 0.6) is 0 Å². The molecule has 78 valence electrons. The Kier molecular flexibility index (Phi) is 2.50. The highest BCUT2D eigenvalue weighted by molar-refractivity contribution is 7.86. The minimum atomic E-state index is 0.119. The van der Waals surface area contributed by atoms with E-state index >= 15 is 0 Å². The molecule has 1 atom stereocenters. The van der Waals surface area contributed by atoms with E-state index in [2.05, 4.69) is 34.2 Å². The molecule has 2 rings (SSSR count). The van der Waals surface area contributed by atoms with Crippen LogP contribution < -0.4 is 4.08 Å². The van der Waals surface area contributed by atoms with Gasteiger partial charge >= 0.3 is 0 Å². The number of nitrogens with zero attached hydrogens (tertiary/aromatic N) is 3. The van der Waals surface area contributed by atoms with Gasteiger partial charge < -0.3 is 4.74 Å². The average Bonchev–Trinajstić information content (AvgIpc) is 2.43. The summed E-state index contributed by atoms with van der Waals surface area (Å²) < 4.78 is 8.76. The fourth-order valence-corrected chi connectivity index (χ4v) is 1.91. The highest BCUT2D eigenvalue weighted by atomic mass is 32.1. The van der Waals surface area contributed by atoms with Gasteiger partial charge in [-0.1, -0.05) is 12.8 Å². The molecule has 1 saturated heterocycles. The van der Waals surface area contributed by atoms with E-state index in [1.54, 1.807) is 4.08 Å². The van der Waals surface area contributed by atoms with Crippen LogP contribution in [0.4, 0.5) is 5.82 Å². The Morgan fingerprint density at radius 3 is 2.71 bits per heavy atom. The summed E-state index contributed by atoms with van der Waals surface area (Å²) in [5.74, 6) is 0.837. The maximum Gasteiger partial charge on any atom is 0.163 e. The number of ether oxygens (including phenoxy) is 1. The molecule has 1 unspecified atom stereocenters. The lowest BCUT2D eigenvalue weighted by Crippen LogP contribution is -2.45. The SMILES string of the molecule is Cn1nc(N(P)S)cc1C1(C)COC1. The van der Waals surface area contributed by atoms with Crippen LogP contribution in [0, 0.1) is 0 Å². The molecule has 4 nitrogen and oxygen atoms in total. The molecule has 0 bridgehead atoms. The molecule has 0 aliphatic carbocycles. The molecule has 0 radical (unpaired) electrons. The zero-order chi connectivity index (χ0) is 10.3. The van der Waals surface area contributed by atoms with Crippen LogP contribution in [0.2, 0.25) is 0 Å². The maximum atomic E-state index is 5.24. The van der Waals surface area contributed by atoms with Gasteiger partial charge in [0.25, 0.3) is 0 Å². The summed E-state index contributed by atoms with van der Waals surface area (Å²) in [4.78, 5) is 0. The van der Waals surface area contributed by atoms with Crippen LogP contribution in [0.25, 0.3) is 0 Å². The summed E-state index contributed by atoms with van der Waals surface area (Å²) in [7, 11) is 4.42. The van der Waals surface area contributed by atoms with Gasteiger partial charge in [0.15, 0.2) is 5.82 Å². The number of thiol groups is 1. The van der Waals surface area contributed by atoms with E-state index in [4.69, 9.17) is 4.74 Å². The predicted molar refractivity (Wildman–Crippen MR) is 62.6 cm³/mol. The van der Waals surface area contributed by atoms with E-state index in [0.29, 0.717) is 0 Å². The third kappa shape index (κ3) is 1.53. The molecule has 1 aromatic heterocycles. The zero-order valence-corrected chi connectivity index (χ0v) is 10.3. The van der Waals surface area contributed by atoms with Crippen molar-refractivity contribution in [3.8, 4) is 0 Å². The number of rotatable bonds is 2. The van der Waals surface area contributed by atoms with Gasteiger partial charge in [-0.3, -0.25) is 8.76 Å². The maximum absolute atomic E-state index is 5.24. The lowest BCUT2D eigenvalue weighted by Gasteiger charge is -2.37. The number of hydrogen-bond acceptors (Lipinski definition) is 4. The van der Waals surface area contributed by atoms with Crippen molar-refractivity contribution in [1.82, 2.24) is 9.78 Å². The number of anilines is 1. The molecule has 0 spiro atoms. The first-order valence-electron chi connectivity index (χ1n) is 4.39. The molecule has 6 heteroatoms. The Labute approximate surface area is 91.4 Å². The first-order chi connectivity index (χ1) is 6.53. The molecule has 14 heavy (non-hydrogen) atoms. The highest BCUT2D eigenvalue weighted by Crippen LogP contribution is 2.34. The van der Waals surface area contributed by atoms with Gasteiger partial charge in [0.05, 0.1) is 24.3 Å². The first kappa shape index (κ1) is 10.3. The van der Waals surface area contributed by atoms with E-state index in [9.17, 15) is 0 Å². The summed E-state index contributed by atoms with van der Waals surface area (Å²) in [6, 6.07) is 2.04. The minimum absolute atomic E-state index is 0.119. The topological polar surface area (TPSA) is 30.3 Å². The van der Waals surface area contributed by atoms with Gasteiger partial charge in [-0.05, 0) is 16.3 Å². The Morgan fingerprint density at radius 1 is 1.71 bits per heavy atom. The quantitative estimate of drug-likeness (QED) is 0.611. The fraction of sp³-hybridized carbons (Fsp3) is 0.625. The van der Waals surface area contributed by atoms with E-state index in [-0.39, 0.29) is 5.41 Å². The molecule has 1 aromatic rings. The molecule has 0 aromatic carbocycles. The molecule has 0 amide bonds. The molecule has 1 aliphatic heterocycles. The van der Waals surface area contributed by atoms with E-state index in [1.807, 2.05) is 17.8 Å². The Bertz CT molecular complexity index is 348. The second-order valence-corrected chi connectivity index (χ2v) is 5.29. The second kappa shape index (κ2) is 3.40. The van der Waals surface area contributed by atoms with E-state index in [0.717, 1.165) is 19.0 Å². The van der Waals surface area contributed by atoms with Crippen molar-refractivity contribution in [3.63, 3.8) is 0 Å². The summed E-state index contributed by atoms with van der Waals surface area (Å²) in [5, 5.41) is 4.35. The van der Waals surface area contributed by atoms with Crippen LogP contribution in [0.15, 0.2) is 6.07 Å². The molecular formula is C8H14N3OPS. The molecular weight excluding hydrogens is 217 g/mol. The van der Waals surface area contributed by atoms with Crippen molar-refractivity contribution >= 4 is 28.0 Å². The predicted octanol–water partition coefficient (Wildman–Crippen LogP) is 1.15. The van der Waals surface area contributed by atoms with Gasteiger partial charge in [-0.2, -0.15) is 5.10 Å². The molecule has 1 fully saturated rings. The number of aryl methyl sites for hydroxylation is 1. The van der Waals surface area contributed by atoms with Crippen molar-refractivity contribution in [2.45, 2.75) is 12.3 Å². The lowest BCUT2D eigenvalue weighted by molar-refractivity contribution is -0.0537. The smallest absolute Gasteiger partial charge is 0.163 e. The summed E-state index contributed by atoms with van der Waals surface area (Å²) in [5.41, 5.74) is 1.31. The van der Waals surface area contributed by atoms with Crippen molar-refractivity contribution in [3.05, 3.63) is 11.8 Å². The van der Waals surface area contributed by atoms with Crippen molar-refractivity contribution in [1.29, 1.82) is 0 Å². The van der Waals surface area contributed by atoms with Crippen LogP contribution in [-0.4, -0.2) is 23.0 Å². The van der Waals surface area contributed by atoms with Crippen LogP contribution in [-0.2, 0) is 17.2 Å². The molecule has 0 N–H and O–H groups in total. The Balaban J connectivity index is 2.34. The van der Waals surface area contributed by atoms with Crippen LogP contribution in [0.1, 0.15) is 12.6 Å². The van der Waals surface area contributed by atoms with Crippen LogP contribution >= 0.6 is 22.2 Å². The Morgan fingerprint density at radius 2 is 2.36 bits per heavy atom. The normalized spacial score (nSPS) is 19.1. The van der Waals surface area contributed by atoms with E-state index in [1.165, 1.54) is 5.69 Å². The van der Waals surface area contributed by atoms with Crippen molar-refractivity contribution < 1.29 is 4.74 Å². The van der Waals surface area contributed by atoms with Gasteiger partial charge in [0.2, 0.25) is 0 Å². The largest absolute Gasteiger partial charge is 0.379 e. The van der Waals surface area contributed by atoms with Crippen LogP contribution in [0.3, 0.4) is 0 Å². The van der Waals surface area contributed by atoms with Crippen molar-refractivity contribution in [2.75, 3.05) is 17.3 Å². The molecule has 1 aliphatic rings. The minimum Gasteiger partial charge on any atom is -0.379 e. The number of hydrogen-bond donors (Lipinski definition) is 1. The standard InChI is InChI=1S/C8H14N3OPS/c1-8(4-12-5-8)6-3-7(11(13)14)9-10(6)2/h3,14H,4-5,13H2,1-2H3. The van der Waals surface area contributed by atoms with Crippen molar-refractivity contribution in [2.24, 2.45) is 7.05 Å². The molecule has 2 heterocycles. The third-order valence-electron chi connectivity index (χ3n) is 2.56. The number of aromatic nitrogens is 2. The highest BCUT2D eigenvalue weighted by Gasteiger charge is 2.38. The average molecular weight is 231 g/mol. The second-order valence-electron chi connectivity index (χ2n) is 3.91. The monoisotopic (exact) mass is 231 g/mol. The van der Waals surface area contributed by atoms with Gasteiger partial charge in [0.1, 0.15) is 0 Å². The fourth-order valence-electron chi connectivity index (χ4n) is 1.69. The Hall–Kier alpha value is -0.250. The third-order valence-corrected chi connectivity index (χ3v) is 3.03. The first-order valence-corrected chi connectivity index (χ1v) is 5.30.